The molecule has 1 N–H and O–H groups in total. The van der Waals surface area contributed by atoms with Gasteiger partial charge in [0.25, 0.3) is 0 Å². The maximum Gasteiger partial charge on any atom is 0.306 e. The van der Waals surface area contributed by atoms with E-state index < -0.39 is 34.4 Å². The summed E-state index contributed by atoms with van der Waals surface area (Å²) in [5, 5.41) is 18.8. The third-order valence-corrected chi connectivity index (χ3v) is 5.60. The van der Waals surface area contributed by atoms with Gasteiger partial charge in [0.2, 0.25) is 0 Å². The second kappa shape index (κ2) is 13.0. The van der Waals surface area contributed by atoms with Gasteiger partial charge >= 0.3 is 5.97 Å². The van der Waals surface area contributed by atoms with E-state index in [-0.39, 0.29) is 43.0 Å². The fourth-order valence-corrected chi connectivity index (χ4v) is 3.92. The van der Waals surface area contributed by atoms with Crippen LogP contribution in [0.4, 0.5) is 13.2 Å². The summed E-state index contributed by atoms with van der Waals surface area (Å²) < 4.78 is 62.5. The zero-order chi connectivity index (χ0) is 27.9. The number of fused-ring (bicyclic) bond motifs is 1. The van der Waals surface area contributed by atoms with Crippen molar-refractivity contribution < 1.29 is 42.0 Å². The van der Waals surface area contributed by atoms with E-state index in [4.69, 9.17) is 18.9 Å². The number of carbonyl (C=O) groups is 1. The maximum absolute atomic E-state index is 14.3. The minimum atomic E-state index is -1.65. The van der Waals surface area contributed by atoms with E-state index in [0.717, 1.165) is 10.9 Å². The average molecular weight is 540 g/mol. The number of rotatable bonds is 13. The van der Waals surface area contributed by atoms with Gasteiger partial charge in [-0.25, -0.2) is 13.2 Å². The molecular formula is C26H32F3N3O6. The van der Waals surface area contributed by atoms with Crippen molar-refractivity contribution >= 4 is 17.0 Å². The lowest BCUT2D eigenvalue weighted by Gasteiger charge is -2.26. The number of ether oxygens (including phenoxy) is 4. The van der Waals surface area contributed by atoms with Crippen molar-refractivity contribution in [3.63, 3.8) is 0 Å². The number of nitrogens with zero attached hydrogens (tertiary/aromatic N) is 3. The molecule has 0 fully saturated rings. The van der Waals surface area contributed by atoms with Crippen LogP contribution in [-0.2, 0) is 35.6 Å². The quantitative estimate of drug-likeness (QED) is 0.198. The normalized spacial score (nSPS) is 11.9. The number of phenolic OH excluding ortho intramolecular Hbond substituents is 1. The standard InChI is InChI=1S/C26H32F3N3O6/c1-26(2,3)21-16(6-8-20(34)38-14-13-37-12-11-36-10-9-35-4)5-7-19(33)25(21)32-30-18-15-17(27)22(28)23(29)24(18)31-32/h5,7,15,33H,6,8-14H2,1-4H3. The zero-order valence-corrected chi connectivity index (χ0v) is 21.9. The Labute approximate surface area is 218 Å². The van der Waals surface area contributed by atoms with Gasteiger partial charge in [-0.1, -0.05) is 26.8 Å². The van der Waals surface area contributed by atoms with E-state index in [2.05, 4.69) is 10.2 Å². The summed E-state index contributed by atoms with van der Waals surface area (Å²) in [5.41, 5.74) is 0.149. The third kappa shape index (κ3) is 7.21. The molecule has 0 aliphatic rings. The van der Waals surface area contributed by atoms with Gasteiger partial charge in [0.05, 0.1) is 33.0 Å². The Kier molecular flexibility index (Phi) is 10.1. The lowest BCUT2D eigenvalue weighted by Crippen LogP contribution is -2.20. The lowest BCUT2D eigenvalue weighted by molar-refractivity contribution is -0.145. The van der Waals surface area contributed by atoms with Gasteiger partial charge in [-0.05, 0) is 29.0 Å². The van der Waals surface area contributed by atoms with Crippen molar-refractivity contribution in [2.24, 2.45) is 0 Å². The topological polar surface area (TPSA) is 105 Å². The molecule has 0 unspecified atom stereocenters. The Morgan fingerprint density at radius 1 is 0.974 bits per heavy atom. The van der Waals surface area contributed by atoms with E-state index in [1.54, 1.807) is 13.2 Å². The number of phenols is 1. The summed E-state index contributed by atoms with van der Waals surface area (Å²) >= 11 is 0. The van der Waals surface area contributed by atoms with Crippen LogP contribution in [0.5, 0.6) is 5.75 Å². The molecule has 3 aromatic rings. The lowest BCUT2D eigenvalue weighted by atomic mass is 9.81. The predicted octanol–water partition coefficient (Wildman–Crippen LogP) is 4.00. The van der Waals surface area contributed by atoms with Crippen LogP contribution in [0.2, 0.25) is 0 Å². The summed E-state index contributed by atoms with van der Waals surface area (Å²) in [5.74, 6) is -5.17. The molecular weight excluding hydrogens is 507 g/mol. The van der Waals surface area contributed by atoms with E-state index in [1.165, 1.54) is 6.07 Å². The number of carbonyl (C=O) groups excluding carboxylic acids is 1. The molecule has 0 amide bonds. The van der Waals surface area contributed by atoms with Crippen LogP contribution in [0.1, 0.15) is 38.3 Å². The Morgan fingerprint density at radius 2 is 1.63 bits per heavy atom. The largest absolute Gasteiger partial charge is 0.506 e. The molecule has 38 heavy (non-hydrogen) atoms. The van der Waals surface area contributed by atoms with Crippen LogP contribution in [0.25, 0.3) is 16.7 Å². The average Bonchev–Trinajstić information content (AvgIpc) is 3.28. The van der Waals surface area contributed by atoms with E-state index in [1.807, 2.05) is 20.8 Å². The second-order valence-electron chi connectivity index (χ2n) is 9.50. The number of hydrogen-bond acceptors (Lipinski definition) is 8. The molecule has 0 atom stereocenters. The fourth-order valence-electron chi connectivity index (χ4n) is 3.92. The van der Waals surface area contributed by atoms with Gasteiger partial charge in [0.15, 0.2) is 23.0 Å². The first-order valence-electron chi connectivity index (χ1n) is 12.1. The van der Waals surface area contributed by atoms with Crippen LogP contribution < -0.4 is 0 Å². The Morgan fingerprint density at radius 3 is 2.29 bits per heavy atom. The molecule has 0 saturated carbocycles. The van der Waals surface area contributed by atoms with Gasteiger partial charge in [-0.3, -0.25) is 4.79 Å². The summed E-state index contributed by atoms with van der Waals surface area (Å²) in [6.07, 6.45) is 0.318. The van der Waals surface area contributed by atoms with Crippen LogP contribution in [0.15, 0.2) is 18.2 Å². The summed E-state index contributed by atoms with van der Waals surface area (Å²) in [7, 11) is 1.59. The molecule has 2 aromatic carbocycles. The molecule has 0 aliphatic carbocycles. The first-order valence-corrected chi connectivity index (χ1v) is 12.1. The molecule has 0 saturated heterocycles. The molecule has 1 aromatic heterocycles. The smallest absolute Gasteiger partial charge is 0.306 e. The molecule has 208 valence electrons. The number of aryl methyl sites for hydroxylation is 1. The van der Waals surface area contributed by atoms with Gasteiger partial charge in [0, 0.05) is 19.6 Å². The van der Waals surface area contributed by atoms with Crippen molar-refractivity contribution in [2.75, 3.05) is 46.8 Å². The van der Waals surface area contributed by atoms with Crippen molar-refractivity contribution in [1.82, 2.24) is 15.0 Å². The number of aromatic nitrogens is 3. The van der Waals surface area contributed by atoms with Crippen LogP contribution >= 0.6 is 0 Å². The van der Waals surface area contributed by atoms with E-state index in [9.17, 15) is 23.1 Å². The summed E-state index contributed by atoms with van der Waals surface area (Å²) in [4.78, 5) is 13.3. The van der Waals surface area contributed by atoms with Gasteiger partial charge in [0.1, 0.15) is 23.6 Å². The van der Waals surface area contributed by atoms with Gasteiger partial charge in [-0.2, -0.15) is 0 Å². The highest BCUT2D eigenvalue weighted by Crippen LogP contribution is 2.37. The van der Waals surface area contributed by atoms with Crippen molar-refractivity contribution in [2.45, 2.75) is 39.0 Å². The van der Waals surface area contributed by atoms with Gasteiger partial charge < -0.3 is 24.1 Å². The highest BCUT2D eigenvalue weighted by molar-refractivity contribution is 5.75. The highest BCUT2D eigenvalue weighted by Gasteiger charge is 2.28. The molecule has 0 radical (unpaired) electrons. The summed E-state index contributed by atoms with van der Waals surface area (Å²) in [6, 6.07) is 3.81. The van der Waals surface area contributed by atoms with E-state index >= 15 is 0 Å². The molecule has 9 nitrogen and oxygen atoms in total. The molecule has 1 heterocycles. The molecule has 12 heteroatoms. The van der Waals surface area contributed by atoms with Crippen molar-refractivity contribution in [3.05, 3.63) is 46.8 Å². The SMILES string of the molecule is COCCOCCOCCOC(=O)CCc1ccc(O)c(-n2nc3cc(F)c(F)c(F)c3n2)c1C(C)(C)C. The Hall–Kier alpha value is -3.22. The molecule has 0 spiro atoms. The molecule has 0 aliphatic heterocycles. The Balaban J connectivity index is 1.71. The number of benzene rings is 2. The third-order valence-electron chi connectivity index (χ3n) is 5.60. The first kappa shape index (κ1) is 29.3. The number of esters is 1. The Bertz CT molecular complexity index is 1260. The molecule has 0 bridgehead atoms. The van der Waals surface area contributed by atoms with Crippen LogP contribution in [0.3, 0.4) is 0 Å². The van der Waals surface area contributed by atoms with Crippen molar-refractivity contribution in [1.29, 1.82) is 0 Å². The van der Waals surface area contributed by atoms with Crippen molar-refractivity contribution in [3.8, 4) is 11.4 Å². The monoisotopic (exact) mass is 539 g/mol. The zero-order valence-electron chi connectivity index (χ0n) is 21.9. The minimum absolute atomic E-state index is 0.0486. The van der Waals surface area contributed by atoms with E-state index in [0.29, 0.717) is 37.6 Å². The fraction of sp³-hybridized carbons (Fsp3) is 0.500. The minimum Gasteiger partial charge on any atom is -0.506 e. The van der Waals surface area contributed by atoms with Gasteiger partial charge in [-0.15, -0.1) is 15.0 Å². The summed E-state index contributed by atoms with van der Waals surface area (Å²) in [6.45, 7) is 7.72. The predicted molar refractivity (Wildman–Crippen MR) is 132 cm³/mol. The molecule has 3 rings (SSSR count). The first-order chi connectivity index (χ1) is 18.0. The number of methoxy groups -OCH3 is 1. The maximum atomic E-state index is 14.3. The second-order valence-corrected chi connectivity index (χ2v) is 9.50. The van der Waals surface area contributed by atoms with Crippen LogP contribution in [-0.4, -0.2) is 72.8 Å². The number of halogens is 3. The highest BCUT2D eigenvalue weighted by atomic mass is 19.2. The number of aromatic hydroxyl groups is 1. The number of hydrogen-bond donors (Lipinski definition) is 1. The van der Waals surface area contributed by atoms with Crippen LogP contribution in [0, 0.1) is 17.5 Å².